The smallest absolute Gasteiger partial charge is 0.275 e. The van der Waals surface area contributed by atoms with Crippen molar-refractivity contribution in [3.05, 3.63) is 52.9 Å². The molecule has 164 valence electrons. The second-order valence-corrected chi connectivity index (χ2v) is 12.3. The van der Waals surface area contributed by atoms with Crippen molar-refractivity contribution in [3.8, 4) is 0 Å². The van der Waals surface area contributed by atoms with Gasteiger partial charge in [-0.3, -0.25) is 4.79 Å². The van der Waals surface area contributed by atoms with Gasteiger partial charge in [0.2, 0.25) is 10.0 Å². The molecule has 0 unspecified atom stereocenters. The topological polar surface area (TPSA) is 91.4 Å². The summed E-state index contributed by atoms with van der Waals surface area (Å²) in [5.74, 6) is -0.240. The minimum atomic E-state index is -3.21. The summed E-state index contributed by atoms with van der Waals surface area (Å²) < 4.78 is 27.6. The van der Waals surface area contributed by atoms with Crippen LogP contribution in [-0.4, -0.2) is 44.7 Å². The van der Waals surface area contributed by atoms with E-state index < -0.39 is 10.0 Å². The van der Waals surface area contributed by atoms with Gasteiger partial charge in [0.25, 0.3) is 5.91 Å². The zero-order valence-electron chi connectivity index (χ0n) is 16.8. The van der Waals surface area contributed by atoms with Crippen LogP contribution in [0.4, 0.5) is 11.4 Å². The van der Waals surface area contributed by atoms with Crippen molar-refractivity contribution in [3.63, 3.8) is 0 Å². The molecule has 2 N–H and O–H groups in total. The number of sulfonamides is 1. The molecule has 1 fully saturated rings. The summed E-state index contributed by atoms with van der Waals surface area (Å²) in [6.07, 6.45) is 2.61. The number of para-hydroxylation sites is 2. The summed E-state index contributed by atoms with van der Waals surface area (Å²) >= 11 is 4.66. The van der Waals surface area contributed by atoms with Gasteiger partial charge in [-0.1, -0.05) is 18.2 Å². The number of aromatic nitrogens is 1. The lowest BCUT2D eigenvalue weighted by Crippen LogP contribution is -2.44. The van der Waals surface area contributed by atoms with Crippen LogP contribution < -0.4 is 14.9 Å². The number of nitrogens with zero attached hydrogens (tertiary/aromatic N) is 2. The number of carbonyl (C=O) groups excluding carboxylic acids is 1. The summed E-state index contributed by atoms with van der Waals surface area (Å²) in [7, 11) is -3.21. The summed E-state index contributed by atoms with van der Waals surface area (Å²) in [5.41, 5.74) is 2.05. The lowest BCUT2D eigenvalue weighted by molar-refractivity contribution is 0.102. The van der Waals surface area contributed by atoms with E-state index in [2.05, 4.69) is 19.9 Å². The number of thiazole rings is 1. The molecule has 7 nitrogen and oxygen atoms in total. The number of amides is 1. The lowest BCUT2D eigenvalue weighted by Gasteiger charge is -2.34. The summed E-state index contributed by atoms with van der Waals surface area (Å²) in [6, 6.07) is 11.6. The van der Waals surface area contributed by atoms with Gasteiger partial charge in [0, 0.05) is 24.5 Å². The van der Waals surface area contributed by atoms with E-state index in [1.807, 2.05) is 41.8 Å². The highest BCUT2D eigenvalue weighted by atomic mass is 32.2. The summed E-state index contributed by atoms with van der Waals surface area (Å²) in [5, 5.41) is 6.78. The molecule has 2 aromatic heterocycles. The highest BCUT2D eigenvalue weighted by Gasteiger charge is 2.23. The molecule has 0 aliphatic carbocycles. The third-order valence-corrected chi connectivity index (χ3v) is 8.51. The Kier molecular flexibility index (Phi) is 6.97. The SMILES string of the molecule is CS(=O)(=O)NC1CCN(c2ccccc2NC(=O)c2csc(Sc3cccs3)n2)CC1. The van der Waals surface area contributed by atoms with E-state index in [0.29, 0.717) is 31.6 Å². The molecule has 1 aliphatic rings. The Labute approximate surface area is 193 Å². The van der Waals surface area contributed by atoms with E-state index in [1.54, 1.807) is 28.5 Å². The molecule has 1 amide bonds. The van der Waals surface area contributed by atoms with Crippen LogP contribution in [-0.2, 0) is 10.0 Å². The molecular weight excluding hydrogens is 473 g/mol. The molecule has 3 heterocycles. The monoisotopic (exact) mass is 494 g/mol. The number of anilines is 2. The van der Waals surface area contributed by atoms with E-state index in [9.17, 15) is 13.2 Å². The average Bonchev–Trinajstić information content (AvgIpc) is 3.41. The number of thiophene rings is 1. The second kappa shape index (κ2) is 9.70. The Balaban J connectivity index is 1.41. The molecule has 0 spiro atoms. The maximum absolute atomic E-state index is 12.8. The van der Waals surface area contributed by atoms with Crippen molar-refractivity contribution in [2.45, 2.75) is 27.4 Å². The first-order chi connectivity index (χ1) is 14.9. The van der Waals surface area contributed by atoms with Gasteiger partial charge in [-0.25, -0.2) is 18.1 Å². The molecule has 3 aromatic rings. The highest BCUT2D eigenvalue weighted by molar-refractivity contribution is 8.02. The van der Waals surface area contributed by atoms with Gasteiger partial charge in [-0.05, 0) is 48.2 Å². The third kappa shape index (κ3) is 6.07. The second-order valence-electron chi connectivity index (χ2n) is 7.16. The quantitative estimate of drug-likeness (QED) is 0.513. The minimum Gasteiger partial charge on any atom is -0.370 e. The normalized spacial score (nSPS) is 15.2. The number of carbonyl (C=O) groups is 1. The zero-order chi connectivity index (χ0) is 21.8. The van der Waals surface area contributed by atoms with Crippen LogP contribution in [0.1, 0.15) is 23.3 Å². The predicted molar refractivity (Wildman–Crippen MR) is 128 cm³/mol. The summed E-state index contributed by atoms with van der Waals surface area (Å²) in [4.78, 5) is 19.4. The molecule has 0 saturated carbocycles. The number of nitrogens with one attached hydrogen (secondary N) is 2. The van der Waals surface area contributed by atoms with E-state index in [-0.39, 0.29) is 11.9 Å². The maximum atomic E-state index is 12.8. The minimum absolute atomic E-state index is 0.0534. The fourth-order valence-corrected chi connectivity index (χ4v) is 7.03. The van der Waals surface area contributed by atoms with Gasteiger partial charge < -0.3 is 10.2 Å². The molecule has 1 aromatic carbocycles. The van der Waals surface area contributed by atoms with Crippen LogP contribution in [0.15, 0.2) is 55.7 Å². The van der Waals surface area contributed by atoms with Crippen molar-refractivity contribution in [2.24, 2.45) is 0 Å². The number of hydrogen-bond acceptors (Lipinski definition) is 8. The van der Waals surface area contributed by atoms with Crippen molar-refractivity contribution in [1.29, 1.82) is 0 Å². The molecule has 0 radical (unpaired) electrons. The Morgan fingerprint density at radius 1 is 1.16 bits per heavy atom. The highest BCUT2D eigenvalue weighted by Crippen LogP contribution is 2.34. The van der Waals surface area contributed by atoms with Gasteiger partial charge in [-0.15, -0.1) is 22.7 Å². The maximum Gasteiger partial charge on any atom is 0.275 e. The Bertz CT molecular complexity index is 1140. The largest absolute Gasteiger partial charge is 0.370 e. The predicted octanol–water partition coefficient (Wildman–Crippen LogP) is 4.13. The lowest BCUT2D eigenvalue weighted by atomic mass is 10.0. The van der Waals surface area contributed by atoms with E-state index in [4.69, 9.17) is 0 Å². The number of piperidine rings is 1. The van der Waals surface area contributed by atoms with Crippen LogP contribution in [0.3, 0.4) is 0 Å². The molecule has 4 rings (SSSR count). The van der Waals surface area contributed by atoms with Crippen LogP contribution in [0.5, 0.6) is 0 Å². The molecule has 31 heavy (non-hydrogen) atoms. The Morgan fingerprint density at radius 3 is 2.65 bits per heavy atom. The zero-order valence-corrected chi connectivity index (χ0v) is 20.0. The molecule has 1 aliphatic heterocycles. The fourth-order valence-electron chi connectivity index (χ4n) is 3.40. The van der Waals surface area contributed by atoms with Crippen LogP contribution in [0, 0.1) is 0 Å². The Hall–Kier alpha value is -1.92. The number of rotatable bonds is 7. The standard InChI is InChI=1S/C20H22N4O3S4/c1-31(26,27)23-14-8-10-24(11-9-14)17-6-3-2-5-15(17)21-19(25)16-13-29-20(22-16)30-18-7-4-12-28-18/h2-7,12-14,23H,8-11H2,1H3,(H,21,25). The molecule has 0 atom stereocenters. The van der Waals surface area contributed by atoms with Crippen LogP contribution in [0.25, 0.3) is 0 Å². The molecule has 11 heteroatoms. The average molecular weight is 495 g/mol. The van der Waals surface area contributed by atoms with Gasteiger partial charge in [0.1, 0.15) is 5.69 Å². The number of hydrogen-bond donors (Lipinski definition) is 2. The van der Waals surface area contributed by atoms with Crippen molar-refractivity contribution >= 4 is 61.7 Å². The van der Waals surface area contributed by atoms with E-state index >= 15 is 0 Å². The third-order valence-electron chi connectivity index (χ3n) is 4.77. The summed E-state index contributed by atoms with van der Waals surface area (Å²) in [6.45, 7) is 1.41. The Morgan fingerprint density at radius 2 is 1.94 bits per heavy atom. The first-order valence-electron chi connectivity index (χ1n) is 9.67. The fraction of sp³-hybridized carbons (Fsp3) is 0.300. The van der Waals surface area contributed by atoms with Gasteiger partial charge >= 0.3 is 0 Å². The van der Waals surface area contributed by atoms with E-state index in [0.717, 1.165) is 19.9 Å². The van der Waals surface area contributed by atoms with Crippen LogP contribution in [0.2, 0.25) is 0 Å². The molecular formula is C20H22N4O3S4. The van der Waals surface area contributed by atoms with Gasteiger partial charge in [0.05, 0.1) is 21.8 Å². The van der Waals surface area contributed by atoms with Gasteiger partial charge in [-0.2, -0.15) is 0 Å². The van der Waals surface area contributed by atoms with Gasteiger partial charge in [0.15, 0.2) is 4.34 Å². The first-order valence-corrected chi connectivity index (χ1v) is 14.1. The van der Waals surface area contributed by atoms with Crippen molar-refractivity contribution in [1.82, 2.24) is 9.71 Å². The van der Waals surface area contributed by atoms with Crippen molar-refractivity contribution in [2.75, 3.05) is 29.6 Å². The molecule has 1 saturated heterocycles. The van der Waals surface area contributed by atoms with Crippen molar-refractivity contribution < 1.29 is 13.2 Å². The molecule has 0 bridgehead atoms. The number of benzene rings is 1. The van der Waals surface area contributed by atoms with E-state index in [1.165, 1.54) is 17.6 Å². The first kappa shape index (κ1) is 22.3. The van der Waals surface area contributed by atoms with Crippen LogP contribution >= 0.6 is 34.4 Å².